The summed E-state index contributed by atoms with van der Waals surface area (Å²) in [6, 6.07) is 3.93. The summed E-state index contributed by atoms with van der Waals surface area (Å²) in [5.74, 6) is 0.974. The van der Waals surface area contributed by atoms with Gasteiger partial charge in [0.05, 0.1) is 11.5 Å². The number of aromatic nitrogens is 1. The topological polar surface area (TPSA) is 72.2 Å². The zero-order valence-corrected chi connectivity index (χ0v) is 12.5. The molecule has 20 heavy (non-hydrogen) atoms. The number of fused-ring (bicyclic) bond motifs is 1. The van der Waals surface area contributed by atoms with E-state index in [4.69, 9.17) is 4.42 Å². The Hall–Kier alpha value is -1.40. The molecule has 0 radical (unpaired) electrons. The molecule has 5 nitrogen and oxygen atoms in total. The van der Waals surface area contributed by atoms with Gasteiger partial charge in [-0.05, 0) is 31.0 Å². The second kappa shape index (κ2) is 4.86. The molecule has 1 fully saturated rings. The van der Waals surface area contributed by atoms with E-state index in [0.717, 1.165) is 22.2 Å². The van der Waals surface area contributed by atoms with Crippen LogP contribution in [-0.2, 0) is 16.3 Å². The molecule has 1 aromatic heterocycles. The Morgan fingerprint density at radius 1 is 1.40 bits per heavy atom. The third-order valence-corrected chi connectivity index (χ3v) is 5.32. The van der Waals surface area contributed by atoms with Crippen LogP contribution in [-0.4, -0.2) is 37.5 Å². The van der Waals surface area contributed by atoms with Gasteiger partial charge in [-0.25, -0.2) is 13.4 Å². The predicted molar refractivity (Wildman–Crippen MR) is 77.6 cm³/mol. The number of hydrogen-bond donors (Lipinski definition) is 1. The predicted octanol–water partition coefficient (Wildman–Crippen LogP) is 1.37. The molecule has 1 saturated heterocycles. The van der Waals surface area contributed by atoms with Crippen LogP contribution in [0.1, 0.15) is 17.0 Å². The van der Waals surface area contributed by atoms with Crippen LogP contribution in [0.15, 0.2) is 16.5 Å². The van der Waals surface area contributed by atoms with Crippen LogP contribution in [0.4, 0.5) is 0 Å². The molecule has 0 aliphatic carbocycles. The Balaban J connectivity index is 1.86. The minimum atomic E-state index is -2.93. The number of nitrogens with zero attached hydrogens (tertiary/aromatic N) is 1. The van der Waals surface area contributed by atoms with Crippen LogP contribution < -0.4 is 5.32 Å². The number of benzene rings is 1. The number of rotatable bonds is 2. The summed E-state index contributed by atoms with van der Waals surface area (Å²) in [4.78, 5) is 4.47. The molecule has 3 rings (SSSR count). The van der Waals surface area contributed by atoms with Crippen molar-refractivity contribution in [2.75, 3.05) is 18.1 Å². The lowest BCUT2D eigenvalue weighted by atomic mass is 10.1. The van der Waals surface area contributed by atoms with Crippen LogP contribution >= 0.6 is 0 Å². The SMILES string of the molecule is Cc1cc(C)c2oc(CC3CS(=O)(=O)CCN3)nc2c1. The van der Waals surface area contributed by atoms with Crippen LogP contribution in [0.5, 0.6) is 0 Å². The molecule has 0 spiro atoms. The van der Waals surface area contributed by atoms with E-state index in [1.54, 1.807) is 0 Å². The Morgan fingerprint density at radius 2 is 2.20 bits per heavy atom. The molecule has 1 aromatic carbocycles. The Labute approximate surface area is 118 Å². The third-order valence-electron chi connectivity index (χ3n) is 3.59. The monoisotopic (exact) mass is 294 g/mol. The van der Waals surface area contributed by atoms with Crippen molar-refractivity contribution in [2.45, 2.75) is 26.3 Å². The van der Waals surface area contributed by atoms with E-state index in [9.17, 15) is 8.42 Å². The minimum absolute atomic E-state index is 0.108. The molecule has 6 heteroatoms. The summed E-state index contributed by atoms with van der Waals surface area (Å²) in [7, 11) is -2.93. The highest BCUT2D eigenvalue weighted by atomic mass is 32.2. The maximum atomic E-state index is 11.6. The summed E-state index contributed by atoms with van der Waals surface area (Å²) in [6.07, 6.45) is 0.506. The van der Waals surface area contributed by atoms with E-state index < -0.39 is 9.84 Å². The van der Waals surface area contributed by atoms with Gasteiger partial charge in [-0.3, -0.25) is 0 Å². The van der Waals surface area contributed by atoms with Crippen molar-refractivity contribution in [1.29, 1.82) is 0 Å². The van der Waals surface area contributed by atoms with E-state index in [1.807, 2.05) is 19.9 Å². The number of hydrogen-bond acceptors (Lipinski definition) is 5. The fraction of sp³-hybridized carbons (Fsp3) is 0.500. The number of sulfone groups is 1. The summed E-state index contributed by atoms with van der Waals surface area (Å²) in [6.45, 7) is 4.52. The summed E-state index contributed by atoms with van der Waals surface area (Å²) >= 11 is 0. The minimum Gasteiger partial charge on any atom is -0.440 e. The molecular weight excluding hydrogens is 276 g/mol. The fourth-order valence-electron chi connectivity index (χ4n) is 2.72. The molecule has 108 valence electrons. The molecular formula is C14H18N2O3S. The highest BCUT2D eigenvalue weighted by molar-refractivity contribution is 7.91. The van der Waals surface area contributed by atoms with E-state index in [2.05, 4.69) is 16.4 Å². The van der Waals surface area contributed by atoms with Crippen LogP contribution in [0, 0.1) is 13.8 Å². The van der Waals surface area contributed by atoms with Crippen molar-refractivity contribution in [3.8, 4) is 0 Å². The average molecular weight is 294 g/mol. The first-order valence-electron chi connectivity index (χ1n) is 6.73. The first kappa shape index (κ1) is 13.6. The maximum absolute atomic E-state index is 11.6. The van der Waals surface area contributed by atoms with Gasteiger partial charge in [0.15, 0.2) is 21.3 Å². The van der Waals surface area contributed by atoms with Crippen molar-refractivity contribution in [3.05, 3.63) is 29.2 Å². The highest BCUT2D eigenvalue weighted by Gasteiger charge is 2.25. The molecule has 1 aliphatic heterocycles. The molecule has 1 atom stereocenters. The van der Waals surface area contributed by atoms with E-state index in [-0.39, 0.29) is 17.5 Å². The van der Waals surface area contributed by atoms with Crippen LogP contribution in [0.2, 0.25) is 0 Å². The van der Waals surface area contributed by atoms with Gasteiger partial charge in [0, 0.05) is 19.0 Å². The van der Waals surface area contributed by atoms with Crippen molar-refractivity contribution in [2.24, 2.45) is 0 Å². The lowest BCUT2D eigenvalue weighted by Crippen LogP contribution is -2.46. The fourth-order valence-corrected chi connectivity index (χ4v) is 4.16. The van der Waals surface area contributed by atoms with Gasteiger partial charge >= 0.3 is 0 Å². The van der Waals surface area contributed by atoms with Crippen LogP contribution in [0.3, 0.4) is 0 Å². The Bertz CT molecular complexity index is 749. The van der Waals surface area contributed by atoms with E-state index >= 15 is 0 Å². The number of aryl methyl sites for hydroxylation is 2. The molecule has 2 heterocycles. The zero-order valence-electron chi connectivity index (χ0n) is 11.6. The van der Waals surface area contributed by atoms with Gasteiger partial charge < -0.3 is 9.73 Å². The quantitative estimate of drug-likeness (QED) is 0.906. The molecule has 1 N–H and O–H groups in total. The molecule has 0 bridgehead atoms. The van der Waals surface area contributed by atoms with Gasteiger partial charge in [0.2, 0.25) is 0 Å². The van der Waals surface area contributed by atoms with E-state index in [0.29, 0.717) is 18.9 Å². The van der Waals surface area contributed by atoms with Crippen molar-refractivity contribution < 1.29 is 12.8 Å². The largest absolute Gasteiger partial charge is 0.440 e. The average Bonchev–Trinajstić information content (AvgIpc) is 2.70. The standard InChI is InChI=1S/C14H18N2O3S/c1-9-5-10(2)14-12(6-9)16-13(19-14)7-11-8-20(17,18)4-3-15-11/h5-6,11,15H,3-4,7-8H2,1-2H3. The van der Waals surface area contributed by atoms with Gasteiger partial charge in [0.1, 0.15) is 5.52 Å². The molecule has 0 amide bonds. The number of nitrogens with one attached hydrogen (secondary N) is 1. The normalized spacial score (nSPS) is 22.2. The first-order chi connectivity index (χ1) is 9.43. The summed E-state index contributed by atoms with van der Waals surface area (Å²) in [5, 5.41) is 3.21. The first-order valence-corrected chi connectivity index (χ1v) is 8.55. The smallest absolute Gasteiger partial charge is 0.197 e. The summed E-state index contributed by atoms with van der Waals surface area (Å²) < 4.78 is 29.0. The molecule has 2 aromatic rings. The van der Waals surface area contributed by atoms with Gasteiger partial charge in [-0.2, -0.15) is 0 Å². The van der Waals surface area contributed by atoms with Crippen molar-refractivity contribution in [1.82, 2.24) is 10.3 Å². The lowest BCUT2D eigenvalue weighted by molar-refractivity contribution is 0.456. The zero-order chi connectivity index (χ0) is 14.3. The van der Waals surface area contributed by atoms with Crippen LogP contribution in [0.25, 0.3) is 11.1 Å². The Kier molecular flexibility index (Phi) is 3.30. The highest BCUT2D eigenvalue weighted by Crippen LogP contribution is 2.22. The number of oxazole rings is 1. The van der Waals surface area contributed by atoms with Gasteiger partial charge in [-0.1, -0.05) is 6.07 Å². The Morgan fingerprint density at radius 3 is 2.95 bits per heavy atom. The molecule has 0 saturated carbocycles. The van der Waals surface area contributed by atoms with Gasteiger partial charge in [0.25, 0.3) is 0 Å². The third kappa shape index (κ3) is 2.71. The van der Waals surface area contributed by atoms with Gasteiger partial charge in [-0.15, -0.1) is 0 Å². The van der Waals surface area contributed by atoms with E-state index in [1.165, 1.54) is 0 Å². The van der Waals surface area contributed by atoms with Crippen molar-refractivity contribution >= 4 is 20.9 Å². The molecule has 1 unspecified atom stereocenters. The second-order valence-electron chi connectivity index (χ2n) is 5.51. The maximum Gasteiger partial charge on any atom is 0.197 e. The van der Waals surface area contributed by atoms with Crippen molar-refractivity contribution in [3.63, 3.8) is 0 Å². The second-order valence-corrected chi connectivity index (χ2v) is 7.74. The molecule has 1 aliphatic rings. The lowest BCUT2D eigenvalue weighted by Gasteiger charge is -2.22. The summed E-state index contributed by atoms with van der Waals surface area (Å²) in [5.41, 5.74) is 3.84.